The van der Waals surface area contributed by atoms with Gasteiger partial charge >= 0.3 is 5.97 Å². The second-order valence-electron chi connectivity index (χ2n) is 7.11. The highest BCUT2D eigenvalue weighted by Crippen LogP contribution is 2.35. The van der Waals surface area contributed by atoms with Crippen molar-refractivity contribution in [3.05, 3.63) is 71.8 Å². The smallest absolute Gasteiger partial charge is 0.310 e. The number of hydrogen-bond acceptors (Lipinski definition) is 2. The molecule has 1 amide bonds. The molecule has 0 saturated carbocycles. The zero-order valence-electron chi connectivity index (χ0n) is 14.9. The van der Waals surface area contributed by atoms with Crippen LogP contribution in [-0.2, 0) is 22.4 Å². The number of aryl methyl sites for hydroxylation is 1. The summed E-state index contributed by atoms with van der Waals surface area (Å²) in [6, 6.07) is 19.7. The first-order chi connectivity index (χ1) is 12.6. The highest BCUT2D eigenvalue weighted by molar-refractivity contribution is 5.78. The van der Waals surface area contributed by atoms with Gasteiger partial charge in [0.15, 0.2) is 0 Å². The van der Waals surface area contributed by atoms with E-state index in [1.165, 1.54) is 0 Å². The minimum Gasteiger partial charge on any atom is -0.481 e. The number of piperidine rings is 1. The van der Waals surface area contributed by atoms with Gasteiger partial charge in [0.05, 0.1) is 5.41 Å². The van der Waals surface area contributed by atoms with Crippen LogP contribution in [0.1, 0.15) is 30.4 Å². The molecule has 0 aliphatic carbocycles. The Balaban J connectivity index is 1.57. The van der Waals surface area contributed by atoms with Crippen LogP contribution >= 0.6 is 0 Å². The van der Waals surface area contributed by atoms with Crippen molar-refractivity contribution in [2.45, 2.75) is 32.1 Å². The molecule has 1 aliphatic heterocycles. The number of carbonyl (C=O) groups excluding carboxylic acids is 1. The van der Waals surface area contributed by atoms with Crippen LogP contribution in [0.3, 0.4) is 0 Å². The SMILES string of the molecule is O=C(CCc1ccccc1)N1CCC(Cc2ccccc2)(C(=O)O)CC1. The first-order valence-electron chi connectivity index (χ1n) is 9.18. The number of nitrogens with zero attached hydrogens (tertiary/aromatic N) is 1. The number of carboxylic acid groups (broad SMARTS) is 1. The summed E-state index contributed by atoms with van der Waals surface area (Å²) >= 11 is 0. The number of benzene rings is 2. The molecule has 1 heterocycles. The summed E-state index contributed by atoms with van der Waals surface area (Å²) in [5.41, 5.74) is 1.43. The van der Waals surface area contributed by atoms with E-state index in [1.807, 2.05) is 65.6 Å². The van der Waals surface area contributed by atoms with Crippen LogP contribution in [0.25, 0.3) is 0 Å². The zero-order valence-corrected chi connectivity index (χ0v) is 14.9. The number of likely N-dealkylation sites (tertiary alicyclic amines) is 1. The van der Waals surface area contributed by atoms with Crippen molar-refractivity contribution >= 4 is 11.9 Å². The van der Waals surface area contributed by atoms with Crippen LogP contribution in [0, 0.1) is 5.41 Å². The Labute approximate surface area is 154 Å². The van der Waals surface area contributed by atoms with Gasteiger partial charge in [-0.15, -0.1) is 0 Å². The van der Waals surface area contributed by atoms with Gasteiger partial charge in [-0.1, -0.05) is 60.7 Å². The maximum absolute atomic E-state index is 12.5. The molecular formula is C22H25NO3. The molecule has 0 radical (unpaired) electrons. The maximum atomic E-state index is 12.5. The maximum Gasteiger partial charge on any atom is 0.310 e. The summed E-state index contributed by atoms with van der Waals surface area (Å²) in [6.07, 6.45) is 2.74. The van der Waals surface area contributed by atoms with Crippen molar-refractivity contribution in [1.29, 1.82) is 0 Å². The molecule has 4 nitrogen and oxygen atoms in total. The third-order valence-corrected chi connectivity index (χ3v) is 5.38. The zero-order chi connectivity index (χ0) is 18.4. The van der Waals surface area contributed by atoms with Crippen molar-refractivity contribution in [1.82, 2.24) is 4.90 Å². The fraction of sp³-hybridized carbons (Fsp3) is 0.364. The van der Waals surface area contributed by atoms with Crippen LogP contribution in [0.4, 0.5) is 0 Å². The lowest BCUT2D eigenvalue weighted by Crippen LogP contribution is -2.47. The first kappa shape index (κ1) is 18.2. The molecule has 4 heteroatoms. The molecule has 1 saturated heterocycles. The van der Waals surface area contributed by atoms with Crippen LogP contribution in [0.5, 0.6) is 0 Å². The topological polar surface area (TPSA) is 57.6 Å². The standard InChI is InChI=1S/C22H25NO3/c24-20(12-11-18-7-3-1-4-8-18)23-15-13-22(14-16-23,21(25)26)17-19-9-5-2-6-10-19/h1-10H,11-17H2,(H,25,26). The minimum atomic E-state index is -0.766. The van der Waals surface area contributed by atoms with E-state index in [1.54, 1.807) is 0 Å². The van der Waals surface area contributed by atoms with E-state index in [0.29, 0.717) is 38.8 Å². The second-order valence-corrected chi connectivity index (χ2v) is 7.11. The number of rotatable bonds is 6. The van der Waals surface area contributed by atoms with Gasteiger partial charge in [-0.2, -0.15) is 0 Å². The van der Waals surface area contributed by atoms with E-state index < -0.39 is 11.4 Å². The third-order valence-electron chi connectivity index (χ3n) is 5.38. The summed E-state index contributed by atoms with van der Waals surface area (Å²) in [6.45, 7) is 1.04. The van der Waals surface area contributed by atoms with Crippen molar-refractivity contribution in [2.24, 2.45) is 5.41 Å². The van der Waals surface area contributed by atoms with E-state index >= 15 is 0 Å². The average Bonchev–Trinajstić information content (AvgIpc) is 2.68. The molecular weight excluding hydrogens is 326 g/mol. The Hall–Kier alpha value is -2.62. The van der Waals surface area contributed by atoms with Crippen LogP contribution < -0.4 is 0 Å². The molecule has 0 atom stereocenters. The molecule has 26 heavy (non-hydrogen) atoms. The summed E-state index contributed by atoms with van der Waals surface area (Å²) in [7, 11) is 0. The first-order valence-corrected chi connectivity index (χ1v) is 9.18. The monoisotopic (exact) mass is 351 g/mol. The lowest BCUT2D eigenvalue weighted by atomic mass is 9.73. The van der Waals surface area contributed by atoms with Crippen LogP contribution in [-0.4, -0.2) is 35.0 Å². The van der Waals surface area contributed by atoms with Crippen LogP contribution in [0.2, 0.25) is 0 Å². The quantitative estimate of drug-likeness (QED) is 0.866. The molecule has 0 spiro atoms. The predicted molar refractivity (Wildman–Crippen MR) is 101 cm³/mol. The number of aliphatic carboxylic acids is 1. The van der Waals surface area contributed by atoms with Gasteiger partial charge in [-0.3, -0.25) is 9.59 Å². The summed E-state index contributed by atoms with van der Waals surface area (Å²) < 4.78 is 0. The van der Waals surface area contributed by atoms with Gasteiger partial charge in [0.2, 0.25) is 5.91 Å². The summed E-state index contributed by atoms with van der Waals surface area (Å²) in [4.78, 5) is 26.3. The predicted octanol–water partition coefficient (Wildman–Crippen LogP) is 3.56. The molecule has 3 rings (SSSR count). The van der Waals surface area contributed by atoms with Crippen molar-refractivity contribution < 1.29 is 14.7 Å². The van der Waals surface area contributed by atoms with Gasteiger partial charge in [0.1, 0.15) is 0 Å². The normalized spacial score (nSPS) is 16.2. The molecule has 1 aliphatic rings. The van der Waals surface area contributed by atoms with E-state index in [4.69, 9.17) is 0 Å². The lowest BCUT2D eigenvalue weighted by Gasteiger charge is -2.39. The van der Waals surface area contributed by atoms with Gasteiger partial charge in [0, 0.05) is 19.5 Å². The number of amides is 1. The Morgan fingerprint density at radius 3 is 1.96 bits per heavy atom. The third kappa shape index (κ3) is 4.31. The van der Waals surface area contributed by atoms with Crippen molar-refractivity contribution in [3.8, 4) is 0 Å². The van der Waals surface area contributed by atoms with E-state index in [2.05, 4.69) is 0 Å². The Kier molecular flexibility index (Phi) is 5.71. The summed E-state index contributed by atoms with van der Waals surface area (Å²) in [5.74, 6) is -0.634. The van der Waals surface area contributed by atoms with Gasteiger partial charge < -0.3 is 10.0 Å². The second kappa shape index (κ2) is 8.17. The van der Waals surface area contributed by atoms with Gasteiger partial charge in [0.25, 0.3) is 0 Å². The van der Waals surface area contributed by atoms with E-state index in [-0.39, 0.29) is 5.91 Å². The van der Waals surface area contributed by atoms with Crippen molar-refractivity contribution in [2.75, 3.05) is 13.1 Å². The molecule has 136 valence electrons. The molecule has 0 aromatic heterocycles. The fourth-order valence-corrected chi connectivity index (χ4v) is 3.69. The Bertz CT molecular complexity index is 734. The van der Waals surface area contributed by atoms with Gasteiger partial charge in [-0.05, 0) is 36.8 Å². The fourth-order valence-electron chi connectivity index (χ4n) is 3.69. The lowest BCUT2D eigenvalue weighted by molar-refractivity contribution is -0.154. The van der Waals surface area contributed by atoms with Gasteiger partial charge in [-0.25, -0.2) is 0 Å². The largest absolute Gasteiger partial charge is 0.481 e. The average molecular weight is 351 g/mol. The van der Waals surface area contributed by atoms with E-state index in [0.717, 1.165) is 17.5 Å². The molecule has 2 aromatic carbocycles. The highest BCUT2D eigenvalue weighted by atomic mass is 16.4. The molecule has 0 bridgehead atoms. The van der Waals surface area contributed by atoms with Crippen LogP contribution in [0.15, 0.2) is 60.7 Å². The Morgan fingerprint density at radius 1 is 0.885 bits per heavy atom. The van der Waals surface area contributed by atoms with Crippen molar-refractivity contribution in [3.63, 3.8) is 0 Å². The molecule has 1 N–H and O–H groups in total. The van der Waals surface area contributed by atoms with E-state index in [9.17, 15) is 14.7 Å². The Morgan fingerprint density at radius 2 is 1.42 bits per heavy atom. The molecule has 1 fully saturated rings. The summed E-state index contributed by atoms with van der Waals surface area (Å²) in [5, 5.41) is 9.82. The number of carboxylic acids is 1. The molecule has 0 unspecified atom stereocenters. The highest BCUT2D eigenvalue weighted by Gasteiger charge is 2.42. The minimum absolute atomic E-state index is 0.118. The number of hydrogen-bond donors (Lipinski definition) is 1. The number of carbonyl (C=O) groups is 2. The molecule has 2 aromatic rings.